The van der Waals surface area contributed by atoms with E-state index in [1.165, 1.54) is 0 Å². The van der Waals surface area contributed by atoms with Crippen LogP contribution < -0.4 is 10.6 Å². The Labute approximate surface area is 110 Å². The van der Waals surface area contributed by atoms with Crippen LogP contribution >= 0.6 is 0 Å². The number of rotatable bonds is 4. The van der Waals surface area contributed by atoms with Crippen molar-refractivity contribution in [2.45, 2.75) is 19.4 Å². The maximum atomic E-state index is 12.1. The normalized spacial score (nSPS) is 28.2. The molecule has 0 aromatic carbocycles. The Bertz CT molecular complexity index is 278. The minimum Gasteiger partial charge on any atom is -0.352 e. The number of amides is 1. The highest BCUT2D eigenvalue weighted by molar-refractivity contribution is 5.78. The van der Waals surface area contributed by atoms with Gasteiger partial charge in [-0.3, -0.25) is 4.79 Å². The third-order valence-electron chi connectivity index (χ3n) is 3.93. The number of likely N-dealkylation sites (tertiary alicyclic amines) is 1. The first-order chi connectivity index (χ1) is 8.65. The third-order valence-corrected chi connectivity index (χ3v) is 3.93. The van der Waals surface area contributed by atoms with Gasteiger partial charge in [0.2, 0.25) is 5.91 Å². The van der Waals surface area contributed by atoms with E-state index in [0.29, 0.717) is 6.04 Å². The summed E-state index contributed by atoms with van der Waals surface area (Å²) in [4.78, 5) is 16.8. The van der Waals surface area contributed by atoms with Gasteiger partial charge in [0.25, 0.3) is 0 Å². The fourth-order valence-corrected chi connectivity index (χ4v) is 2.76. The Morgan fingerprint density at radius 1 is 1.39 bits per heavy atom. The molecule has 104 valence electrons. The number of carbonyl (C=O) groups excluding carboxylic acids is 1. The highest BCUT2D eigenvalue weighted by atomic mass is 16.2. The fourth-order valence-electron chi connectivity index (χ4n) is 2.76. The molecule has 2 atom stereocenters. The molecular weight excluding hydrogens is 228 g/mol. The Hall–Kier alpha value is -0.650. The molecular formula is C13H26N4O. The van der Waals surface area contributed by atoms with Crippen LogP contribution in [0.15, 0.2) is 0 Å². The predicted octanol–water partition coefficient (Wildman–Crippen LogP) is -0.652. The van der Waals surface area contributed by atoms with E-state index in [9.17, 15) is 4.79 Å². The van der Waals surface area contributed by atoms with E-state index in [4.69, 9.17) is 0 Å². The molecule has 2 aliphatic heterocycles. The lowest BCUT2D eigenvalue weighted by molar-refractivity contribution is -0.125. The molecule has 2 saturated heterocycles. The molecule has 0 aromatic heterocycles. The van der Waals surface area contributed by atoms with Crippen molar-refractivity contribution in [2.75, 3.05) is 52.9 Å². The third kappa shape index (κ3) is 3.93. The van der Waals surface area contributed by atoms with Crippen LogP contribution in [0.1, 0.15) is 13.3 Å². The minimum absolute atomic E-state index is 0.0917. The van der Waals surface area contributed by atoms with Gasteiger partial charge in [0.1, 0.15) is 0 Å². The minimum atomic E-state index is 0.0917. The van der Waals surface area contributed by atoms with E-state index < -0.39 is 0 Å². The van der Waals surface area contributed by atoms with Crippen molar-refractivity contribution in [1.82, 2.24) is 20.4 Å². The maximum absolute atomic E-state index is 12.1. The van der Waals surface area contributed by atoms with Gasteiger partial charge in [-0.1, -0.05) is 6.92 Å². The average molecular weight is 254 g/mol. The van der Waals surface area contributed by atoms with Crippen LogP contribution in [0.3, 0.4) is 0 Å². The molecule has 5 heteroatoms. The zero-order chi connectivity index (χ0) is 13.0. The van der Waals surface area contributed by atoms with Gasteiger partial charge in [0.05, 0.1) is 0 Å². The lowest BCUT2D eigenvalue weighted by Gasteiger charge is -2.29. The largest absolute Gasteiger partial charge is 0.352 e. The summed E-state index contributed by atoms with van der Waals surface area (Å²) in [5.74, 6) is 0.308. The standard InChI is InChI=1S/C13H26N4O/c1-11(9-17-7-4-14-5-8-17)13(18)15-12-3-6-16(2)10-12/h11-12,14H,3-10H2,1-2H3,(H,15,18). The molecule has 2 unspecified atom stereocenters. The number of nitrogens with zero attached hydrogens (tertiary/aromatic N) is 2. The Morgan fingerprint density at radius 2 is 2.11 bits per heavy atom. The predicted molar refractivity (Wildman–Crippen MR) is 72.5 cm³/mol. The quantitative estimate of drug-likeness (QED) is 0.700. The van der Waals surface area contributed by atoms with Crippen molar-refractivity contribution in [1.29, 1.82) is 0 Å². The van der Waals surface area contributed by atoms with Crippen LogP contribution in [-0.4, -0.2) is 74.6 Å². The summed E-state index contributed by atoms with van der Waals surface area (Å²) in [6.45, 7) is 9.21. The summed E-state index contributed by atoms with van der Waals surface area (Å²) in [5.41, 5.74) is 0. The van der Waals surface area contributed by atoms with Gasteiger partial charge in [-0.25, -0.2) is 0 Å². The van der Waals surface area contributed by atoms with Gasteiger partial charge >= 0.3 is 0 Å². The zero-order valence-corrected chi connectivity index (χ0v) is 11.6. The van der Waals surface area contributed by atoms with Crippen molar-refractivity contribution >= 4 is 5.91 Å². The van der Waals surface area contributed by atoms with E-state index in [2.05, 4.69) is 27.5 Å². The zero-order valence-electron chi connectivity index (χ0n) is 11.6. The van der Waals surface area contributed by atoms with Gasteiger partial charge in [0, 0.05) is 51.2 Å². The second-order valence-corrected chi connectivity index (χ2v) is 5.71. The molecule has 0 radical (unpaired) electrons. The van der Waals surface area contributed by atoms with Crippen LogP contribution in [0.4, 0.5) is 0 Å². The fraction of sp³-hybridized carbons (Fsp3) is 0.923. The molecule has 2 aliphatic rings. The Balaban J connectivity index is 1.70. The summed E-state index contributed by atoms with van der Waals surface area (Å²) in [7, 11) is 2.11. The Kier molecular flexibility index (Phi) is 4.97. The van der Waals surface area contributed by atoms with Gasteiger partial charge in [-0.15, -0.1) is 0 Å². The number of likely N-dealkylation sites (N-methyl/N-ethyl adjacent to an activating group) is 1. The molecule has 2 N–H and O–H groups in total. The van der Waals surface area contributed by atoms with Crippen molar-refractivity contribution in [3.05, 3.63) is 0 Å². The highest BCUT2D eigenvalue weighted by Crippen LogP contribution is 2.08. The number of hydrogen-bond acceptors (Lipinski definition) is 4. The first-order valence-corrected chi connectivity index (χ1v) is 7.07. The molecule has 0 bridgehead atoms. The van der Waals surface area contributed by atoms with Crippen LogP contribution in [0.25, 0.3) is 0 Å². The monoisotopic (exact) mass is 254 g/mol. The summed E-state index contributed by atoms with van der Waals surface area (Å²) in [5, 5.41) is 6.51. The van der Waals surface area contributed by atoms with Crippen LogP contribution in [0, 0.1) is 5.92 Å². The van der Waals surface area contributed by atoms with Gasteiger partial charge in [-0.2, -0.15) is 0 Å². The second kappa shape index (κ2) is 6.50. The molecule has 2 rings (SSSR count). The first-order valence-electron chi connectivity index (χ1n) is 7.07. The summed E-state index contributed by atoms with van der Waals surface area (Å²) in [6, 6.07) is 0.355. The topological polar surface area (TPSA) is 47.6 Å². The smallest absolute Gasteiger partial charge is 0.224 e. The van der Waals surface area contributed by atoms with Crippen molar-refractivity contribution in [3.63, 3.8) is 0 Å². The van der Waals surface area contributed by atoms with E-state index in [0.717, 1.165) is 52.2 Å². The summed E-state index contributed by atoms with van der Waals surface area (Å²) in [6.07, 6.45) is 1.09. The van der Waals surface area contributed by atoms with Gasteiger partial charge < -0.3 is 20.4 Å². The van der Waals surface area contributed by atoms with E-state index >= 15 is 0 Å². The van der Waals surface area contributed by atoms with E-state index in [-0.39, 0.29) is 11.8 Å². The van der Waals surface area contributed by atoms with Crippen LogP contribution in [0.5, 0.6) is 0 Å². The second-order valence-electron chi connectivity index (χ2n) is 5.71. The number of piperazine rings is 1. The van der Waals surface area contributed by atoms with Gasteiger partial charge in [0.15, 0.2) is 0 Å². The molecule has 18 heavy (non-hydrogen) atoms. The molecule has 2 heterocycles. The lowest BCUT2D eigenvalue weighted by atomic mass is 10.1. The van der Waals surface area contributed by atoms with Crippen LogP contribution in [0.2, 0.25) is 0 Å². The summed E-state index contributed by atoms with van der Waals surface area (Å²) >= 11 is 0. The van der Waals surface area contributed by atoms with Crippen molar-refractivity contribution in [2.24, 2.45) is 5.92 Å². The molecule has 0 aromatic rings. The highest BCUT2D eigenvalue weighted by Gasteiger charge is 2.24. The first kappa shape index (κ1) is 13.8. The van der Waals surface area contributed by atoms with E-state index in [1.807, 2.05) is 6.92 Å². The molecule has 5 nitrogen and oxygen atoms in total. The summed E-state index contributed by atoms with van der Waals surface area (Å²) < 4.78 is 0. The van der Waals surface area contributed by atoms with Crippen molar-refractivity contribution < 1.29 is 4.79 Å². The average Bonchev–Trinajstić information content (AvgIpc) is 2.76. The molecule has 0 aliphatic carbocycles. The van der Waals surface area contributed by atoms with E-state index in [1.54, 1.807) is 0 Å². The number of hydrogen-bond donors (Lipinski definition) is 2. The molecule has 1 amide bonds. The maximum Gasteiger partial charge on any atom is 0.224 e. The number of nitrogens with one attached hydrogen (secondary N) is 2. The van der Waals surface area contributed by atoms with Crippen molar-refractivity contribution in [3.8, 4) is 0 Å². The Morgan fingerprint density at radius 3 is 2.72 bits per heavy atom. The molecule has 0 saturated carbocycles. The van der Waals surface area contributed by atoms with Crippen LogP contribution in [-0.2, 0) is 4.79 Å². The SMILES string of the molecule is CC(CN1CCNCC1)C(=O)NC1CCN(C)C1. The van der Waals surface area contributed by atoms with Gasteiger partial charge in [-0.05, 0) is 20.0 Å². The molecule has 0 spiro atoms. The lowest BCUT2D eigenvalue weighted by Crippen LogP contribution is -2.48. The molecule has 2 fully saturated rings. The number of carbonyl (C=O) groups is 1.